The van der Waals surface area contributed by atoms with Gasteiger partial charge in [0.05, 0.1) is 6.10 Å². The van der Waals surface area contributed by atoms with Crippen molar-refractivity contribution in [2.75, 3.05) is 6.54 Å². The Labute approximate surface area is 62.8 Å². The summed E-state index contributed by atoms with van der Waals surface area (Å²) in [5.74, 6) is 0. The summed E-state index contributed by atoms with van der Waals surface area (Å²) in [6.45, 7) is 7.50. The van der Waals surface area contributed by atoms with Crippen LogP contribution in [0.15, 0.2) is 0 Å². The molecule has 10 heavy (non-hydrogen) atoms. The van der Waals surface area contributed by atoms with Crippen molar-refractivity contribution < 1.29 is 5.11 Å². The molecule has 1 fully saturated rings. The highest BCUT2D eigenvalue weighted by molar-refractivity contribution is 4.84. The van der Waals surface area contributed by atoms with Crippen LogP contribution in [-0.2, 0) is 0 Å². The molecule has 1 N–H and O–H groups in total. The van der Waals surface area contributed by atoms with Crippen LogP contribution in [0.5, 0.6) is 0 Å². The van der Waals surface area contributed by atoms with Crippen molar-refractivity contribution in [1.82, 2.24) is 4.90 Å². The molecule has 0 bridgehead atoms. The van der Waals surface area contributed by atoms with Gasteiger partial charge in [-0.3, -0.25) is 4.90 Å². The summed E-state index contributed by atoms with van der Waals surface area (Å²) in [6, 6.07) is 0.937. The Morgan fingerprint density at radius 3 is 2.30 bits per heavy atom. The Balaban J connectivity index is 2.49. The molecule has 0 saturated carbocycles. The Morgan fingerprint density at radius 2 is 2.10 bits per heavy atom. The maximum absolute atomic E-state index is 9.38. The molecule has 0 aromatic heterocycles. The molecule has 0 spiro atoms. The van der Waals surface area contributed by atoms with Crippen molar-refractivity contribution in [2.45, 2.75) is 45.4 Å². The van der Waals surface area contributed by atoms with Crippen molar-refractivity contribution >= 4 is 0 Å². The molecule has 0 radical (unpaired) electrons. The van der Waals surface area contributed by atoms with Gasteiger partial charge in [-0.05, 0) is 27.2 Å². The molecule has 0 unspecified atom stereocenters. The van der Waals surface area contributed by atoms with E-state index in [4.69, 9.17) is 0 Å². The van der Waals surface area contributed by atoms with Gasteiger partial charge in [0, 0.05) is 18.6 Å². The zero-order valence-electron chi connectivity index (χ0n) is 7.04. The molecule has 1 aliphatic rings. The zero-order valence-corrected chi connectivity index (χ0v) is 7.04. The van der Waals surface area contributed by atoms with E-state index in [1.807, 2.05) is 0 Å². The number of aliphatic hydroxyl groups is 1. The number of hydrogen-bond donors (Lipinski definition) is 1. The minimum absolute atomic E-state index is 0.0950. The molecular formula is C8H17NO. The summed E-state index contributed by atoms with van der Waals surface area (Å²) in [6.07, 6.45) is 0.849. The lowest BCUT2D eigenvalue weighted by atomic mass is 10.2. The van der Waals surface area contributed by atoms with Crippen LogP contribution >= 0.6 is 0 Å². The minimum Gasteiger partial charge on any atom is -0.391 e. The van der Waals surface area contributed by atoms with Gasteiger partial charge in [0.15, 0.2) is 0 Å². The highest BCUT2D eigenvalue weighted by Crippen LogP contribution is 2.19. The Morgan fingerprint density at radius 1 is 1.50 bits per heavy atom. The number of nitrogens with zero attached hydrogens (tertiary/aromatic N) is 1. The monoisotopic (exact) mass is 143 g/mol. The average molecular weight is 143 g/mol. The topological polar surface area (TPSA) is 23.5 Å². The predicted octanol–water partition coefficient (Wildman–Crippen LogP) is 0.850. The van der Waals surface area contributed by atoms with Gasteiger partial charge in [-0.1, -0.05) is 0 Å². The van der Waals surface area contributed by atoms with E-state index in [2.05, 4.69) is 25.7 Å². The molecule has 2 heteroatoms. The van der Waals surface area contributed by atoms with Gasteiger partial charge < -0.3 is 5.11 Å². The minimum atomic E-state index is -0.0950. The molecular weight excluding hydrogens is 126 g/mol. The molecule has 0 aromatic rings. The second kappa shape index (κ2) is 2.89. The Hall–Kier alpha value is -0.0800. The molecule has 0 aromatic carbocycles. The van der Waals surface area contributed by atoms with E-state index in [0.717, 1.165) is 13.0 Å². The first-order chi connectivity index (χ1) is 4.63. The summed E-state index contributed by atoms with van der Waals surface area (Å²) >= 11 is 0. The number of hydrogen-bond acceptors (Lipinski definition) is 2. The van der Waals surface area contributed by atoms with Crippen molar-refractivity contribution in [1.29, 1.82) is 0 Å². The molecule has 0 aliphatic carbocycles. The predicted molar refractivity (Wildman–Crippen MR) is 41.9 cm³/mol. The highest BCUT2D eigenvalue weighted by Gasteiger charge is 2.29. The quantitative estimate of drug-likeness (QED) is 0.588. The standard InChI is InChI=1S/C8H17NO/c1-6(2)9-5-4-8(10)7(9)3/h6-8,10H,4-5H2,1-3H3/t7-,8-/m0/s1. The summed E-state index contributed by atoms with van der Waals surface area (Å²) in [4.78, 5) is 2.34. The van der Waals surface area contributed by atoms with E-state index in [-0.39, 0.29) is 6.10 Å². The third kappa shape index (κ3) is 1.32. The fraction of sp³-hybridized carbons (Fsp3) is 1.00. The fourth-order valence-electron chi connectivity index (χ4n) is 1.68. The van der Waals surface area contributed by atoms with Crippen molar-refractivity contribution in [3.63, 3.8) is 0 Å². The Kier molecular flexibility index (Phi) is 2.32. The van der Waals surface area contributed by atoms with Crippen molar-refractivity contribution in [2.24, 2.45) is 0 Å². The maximum atomic E-state index is 9.38. The molecule has 1 heterocycles. The largest absolute Gasteiger partial charge is 0.391 e. The smallest absolute Gasteiger partial charge is 0.0705 e. The van der Waals surface area contributed by atoms with E-state index in [1.54, 1.807) is 0 Å². The summed E-state index contributed by atoms with van der Waals surface area (Å²) in [5.41, 5.74) is 0. The zero-order chi connectivity index (χ0) is 7.72. The first-order valence-electron chi connectivity index (χ1n) is 4.06. The molecule has 1 rings (SSSR count). The molecule has 0 amide bonds. The van der Waals surface area contributed by atoms with Crippen LogP contribution in [0.2, 0.25) is 0 Å². The first-order valence-corrected chi connectivity index (χ1v) is 4.06. The molecule has 1 aliphatic heterocycles. The van der Waals surface area contributed by atoms with Gasteiger partial charge in [-0.25, -0.2) is 0 Å². The average Bonchev–Trinajstić information content (AvgIpc) is 2.14. The third-order valence-corrected chi connectivity index (χ3v) is 2.43. The van der Waals surface area contributed by atoms with Gasteiger partial charge >= 0.3 is 0 Å². The van der Waals surface area contributed by atoms with E-state index in [1.165, 1.54) is 0 Å². The van der Waals surface area contributed by atoms with Gasteiger partial charge in [0.2, 0.25) is 0 Å². The highest BCUT2D eigenvalue weighted by atomic mass is 16.3. The lowest BCUT2D eigenvalue weighted by molar-refractivity contribution is 0.111. The lowest BCUT2D eigenvalue weighted by Crippen LogP contribution is -2.37. The van der Waals surface area contributed by atoms with Crippen LogP contribution < -0.4 is 0 Å². The van der Waals surface area contributed by atoms with Crippen molar-refractivity contribution in [3.05, 3.63) is 0 Å². The third-order valence-electron chi connectivity index (χ3n) is 2.43. The summed E-state index contributed by atoms with van der Waals surface area (Å²) < 4.78 is 0. The van der Waals surface area contributed by atoms with E-state index < -0.39 is 0 Å². The number of likely N-dealkylation sites (tertiary alicyclic amines) is 1. The van der Waals surface area contributed by atoms with Crippen LogP contribution in [0.4, 0.5) is 0 Å². The van der Waals surface area contributed by atoms with Crippen LogP contribution in [0.25, 0.3) is 0 Å². The van der Waals surface area contributed by atoms with E-state index >= 15 is 0 Å². The van der Waals surface area contributed by atoms with Crippen LogP contribution in [0.1, 0.15) is 27.2 Å². The van der Waals surface area contributed by atoms with E-state index in [0.29, 0.717) is 12.1 Å². The SMILES string of the molecule is CC(C)N1CC[C@H](O)[C@@H]1C. The van der Waals surface area contributed by atoms with Gasteiger partial charge in [0.25, 0.3) is 0 Å². The molecule has 1 saturated heterocycles. The van der Waals surface area contributed by atoms with Crippen LogP contribution in [-0.4, -0.2) is 34.7 Å². The van der Waals surface area contributed by atoms with Gasteiger partial charge in [0.1, 0.15) is 0 Å². The van der Waals surface area contributed by atoms with Crippen LogP contribution in [0, 0.1) is 0 Å². The number of aliphatic hydroxyl groups excluding tert-OH is 1. The summed E-state index contributed by atoms with van der Waals surface area (Å²) in [7, 11) is 0. The van der Waals surface area contributed by atoms with Crippen molar-refractivity contribution in [3.8, 4) is 0 Å². The first kappa shape index (κ1) is 8.02. The normalized spacial score (nSPS) is 35.7. The van der Waals surface area contributed by atoms with E-state index in [9.17, 15) is 5.11 Å². The lowest BCUT2D eigenvalue weighted by Gasteiger charge is -2.26. The Bertz CT molecular complexity index is 114. The van der Waals surface area contributed by atoms with Gasteiger partial charge in [-0.15, -0.1) is 0 Å². The second-order valence-corrected chi connectivity index (χ2v) is 3.43. The number of rotatable bonds is 1. The molecule has 2 nitrogen and oxygen atoms in total. The molecule has 60 valence electrons. The second-order valence-electron chi connectivity index (χ2n) is 3.43. The maximum Gasteiger partial charge on any atom is 0.0705 e. The summed E-state index contributed by atoms with van der Waals surface area (Å²) in [5, 5.41) is 9.38. The molecule has 2 atom stereocenters. The van der Waals surface area contributed by atoms with Gasteiger partial charge in [-0.2, -0.15) is 0 Å². The fourth-order valence-corrected chi connectivity index (χ4v) is 1.68. The van der Waals surface area contributed by atoms with Crippen LogP contribution in [0.3, 0.4) is 0 Å².